The first kappa shape index (κ1) is 67.8. The van der Waals surface area contributed by atoms with Gasteiger partial charge in [0.25, 0.3) is 0 Å². The van der Waals surface area contributed by atoms with Crippen LogP contribution in [0.2, 0.25) is 0 Å². The number of aliphatic hydroxyl groups is 2. The van der Waals surface area contributed by atoms with Crippen molar-refractivity contribution in [3.63, 3.8) is 0 Å². The van der Waals surface area contributed by atoms with Gasteiger partial charge >= 0.3 is 0 Å². The molecule has 0 aromatic rings. The molecular formula is C67H115NO3. The van der Waals surface area contributed by atoms with Gasteiger partial charge in [-0.15, -0.1) is 0 Å². The Morgan fingerprint density at radius 2 is 0.634 bits per heavy atom. The fourth-order valence-electron chi connectivity index (χ4n) is 8.62. The van der Waals surface area contributed by atoms with Gasteiger partial charge in [0.05, 0.1) is 18.8 Å². The van der Waals surface area contributed by atoms with E-state index >= 15 is 0 Å². The molecule has 0 aromatic carbocycles. The first-order chi connectivity index (χ1) is 35.2. The van der Waals surface area contributed by atoms with Crippen molar-refractivity contribution in [2.45, 2.75) is 289 Å². The second-order valence-corrected chi connectivity index (χ2v) is 20.0. The van der Waals surface area contributed by atoms with Gasteiger partial charge in [0.2, 0.25) is 5.91 Å². The Hall–Kier alpha value is -3.21. The van der Waals surface area contributed by atoms with Gasteiger partial charge in [-0.3, -0.25) is 4.79 Å². The van der Waals surface area contributed by atoms with Gasteiger partial charge in [-0.2, -0.15) is 0 Å². The summed E-state index contributed by atoms with van der Waals surface area (Å²) in [5.74, 6) is -0.0755. The van der Waals surface area contributed by atoms with E-state index in [1.54, 1.807) is 6.08 Å². The van der Waals surface area contributed by atoms with Crippen molar-refractivity contribution in [1.29, 1.82) is 0 Å². The summed E-state index contributed by atoms with van der Waals surface area (Å²) in [5.41, 5.74) is 0. The molecule has 1 amide bonds. The number of nitrogens with one attached hydrogen (secondary N) is 1. The molecule has 0 aromatic heterocycles. The van der Waals surface area contributed by atoms with E-state index in [1.165, 1.54) is 173 Å². The van der Waals surface area contributed by atoms with Crippen molar-refractivity contribution < 1.29 is 15.0 Å². The molecule has 0 rings (SSSR count). The molecular weight excluding hydrogens is 867 g/mol. The number of rotatable bonds is 54. The van der Waals surface area contributed by atoms with Crippen LogP contribution in [0.5, 0.6) is 0 Å². The highest BCUT2D eigenvalue weighted by molar-refractivity contribution is 5.76. The maximum atomic E-state index is 12.5. The number of unbranched alkanes of at least 4 members (excludes halogenated alkanes) is 29. The molecule has 0 aliphatic heterocycles. The van der Waals surface area contributed by atoms with Crippen LogP contribution in [0, 0.1) is 0 Å². The third-order valence-corrected chi connectivity index (χ3v) is 13.2. The van der Waals surface area contributed by atoms with Crippen LogP contribution in [0.25, 0.3) is 0 Å². The molecule has 0 aliphatic carbocycles. The minimum Gasteiger partial charge on any atom is -0.394 e. The van der Waals surface area contributed by atoms with Crippen LogP contribution >= 0.6 is 0 Å². The molecule has 0 heterocycles. The third kappa shape index (κ3) is 57.6. The largest absolute Gasteiger partial charge is 0.394 e. The van der Waals surface area contributed by atoms with Crippen molar-refractivity contribution in [3.8, 4) is 0 Å². The average molecular weight is 983 g/mol. The summed E-state index contributed by atoms with van der Waals surface area (Å²) in [6.45, 7) is 4.19. The van der Waals surface area contributed by atoms with E-state index in [9.17, 15) is 15.0 Å². The first-order valence-electron chi connectivity index (χ1n) is 30.2. The fourth-order valence-corrected chi connectivity index (χ4v) is 8.62. The maximum Gasteiger partial charge on any atom is 0.220 e. The predicted molar refractivity (Wildman–Crippen MR) is 317 cm³/mol. The SMILES string of the molecule is CC/C=C\C/C=C\C/C=C\C/C=C\C/C=C\C/C=C\C/C=C\C/C=C\CCCCCCCCCCCCCCCCCCC(=O)NC(CO)C(O)/C=C/CC/C=C/CCCCCCCCCCCCCC. The molecule has 71 heavy (non-hydrogen) atoms. The summed E-state index contributed by atoms with van der Waals surface area (Å²) < 4.78 is 0. The van der Waals surface area contributed by atoms with Crippen LogP contribution in [0.15, 0.2) is 122 Å². The summed E-state index contributed by atoms with van der Waals surface area (Å²) in [4.78, 5) is 12.5. The molecule has 0 fully saturated rings. The van der Waals surface area contributed by atoms with Crippen LogP contribution in [0.3, 0.4) is 0 Å². The van der Waals surface area contributed by atoms with Gasteiger partial charge in [0.1, 0.15) is 0 Å². The molecule has 2 atom stereocenters. The van der Waals surface area contributed by atoms with Gasteiger partial charge in [0, 0.05) is 6.42 Å². The zero-order valence-electron chi connectivity index (χ0n) is 46.7. The van der Waals surface area contributed by atoms with E-state index in [0.29, 0.717) is 6.42 Å². The minimum atomic E-state index is -0.868. The quantitative estimate of drug-likeness (QED) is 0.0420. The lowest BCUT2D eigenvalue weighted by Crippen LogP contribution is -2.45. The number of aliphatic hydroxyl groups excluding tert-OH is 2. The zero-order valence-corrected chi connectivity index (χ0v) is 46.7. The second kappa shape index (κ2) is 61.1. The molecule has 406 valence electrons. The predicted octanol–water partition coefficient (Wildman–Crippen LogP) is 20.4. The highest BCUT2D eigenvalue weighted by Gasteiger charge is 2.18. The Morgan fingerprint density at radius 1 is 0.352 bits per heavy atom. The van der Waals surface area contributed by atoms with Gasteiger partial charge in [-0.1, -0.05) is 296 Å². The smallest absolute Gasteiger partial charge is 0.220 e. The van der Waals surface area contributed by atoms with Crippen LogP contribution in [0.1, 0.15) is 277 Å². The Balaban J connectivity index is 3.54. The molecule has 0 aliphatic rings. The number of allylic oxidation sites excluding steroid dienone is 19. The van der Waals surface area contributed by atoms with Crippen molar-refractivity contribution >= 4 is 5.91 Å². The van der Waals surface area contributed by atoms with Gasteiger partial charge < -0.3 is 15.5 Å². The summed E-state index contributed by atoms with van der Waals surface area (Å²) in [7, 11) is 0. The lowest BCUT2D eigenvalue weighted by molar-refractivity contribution is -0.123. The minimum absolute atomic E-state index is 0.0755. The average Bonchev–Trinajstić information content (AvgIpc) is 3.37. The van der Waals surface area contributed by atoms with Crippen molar-refractivity contribution in [1.82, 2.24) is 5.32 Å². The summed E-state index contributed by atoms with van der Waals surface area (Å²) in [6.07, 6.45) is 93.7. The van der Waals surface area contributed by atoms with E-state index in [-0.39, 0.29) is 12.5 Å². The number of hydrogen-bond acceptors (Lipinski definition) is 3. The number of hydrogen-bond donors (Lipinski definition) is 3. The van der Waals surface area contributed by atoms with Crippen LogP contribution < -0.4 is 5.32 Å². The Labute approximate surface area is 441 Å². The maximum absolute atomic E-state index is 12.5. The Morgan fingerprint density at radius 3 is 0.986 bits per heavy atom. The molecule has 0 saturated heterocycles. The van der Waals surface area contributed by atoms with Gasteiger partial charge in [0.15, 0.2) is 0 Å². The number of amides is 1. The van der Waals surface area contributed by atoms with Crippen molar-refractivity contribution in [2.75, 3.05) is 6.61 Å². The highest BCUT2D eigenvalue weighted by atomic mass is 16.3. The van der Waals surface area contributed by atoms with Crippen LogP contribution in [-0.4, -0.2) is 34.9 Å². The number of carbonyl (C=O) groups excluding carboxylic acids is 1. The lowest BCUT2D eigenvalue weighted by atomic mass is 10.0. The summed E-state index contributed by atoms with van der Waals surface area (Å²) >= 11 is 0. The first-order valence-corrected chi connectivity index (χ1v) is 30.2. The van der Waals surface area contributed by atoms with E-state index in [0.717, 1.165) is 83.5 Å². The van der Waals surface area contributed by atoms with Gasteiger partial charge in [-0.25, -0.2) is 0 Å². The molecule has 4 heteroatoms. The standard InChI is InChI=1S/C67H115NO3/c1-3-5-7-9-11-13-15-17-19-21-23-24-25-26-27-28-29-30-31-32-33-34-35-36-37-38-39-40-41-42-43-44-45-47-49-51-53-55-57-59-61-63-67(71)68-65(64-69)66(70)62-60-58-56-54-52-50-48-46-22-20-18-16-14-12-10-8-6-4-2/h5,7,11,13,17,19,23-24,26-27,29-30,32-33,35-36,52,54,60,62,65-66,69-70H,3-4,6,8-10,12,14-16,18,20-22,25,28,31,34,37-51,53,55-59,61,63-64H2,1-2H3,(H,68,71)/b7-5-,13-11-,19-17-,24-23-,27-26-,30-29-,33-32-,36-35-,54-52+,62-60+. The van der Waals surface area contributed by atoms with Crippen molar-refractivity contribution in [3.05, 3.63) is 122 Å². The topological polar surface area (TPSA) is 69.6 Å². The second-order valence-electron chi connectivity index (χ2n) is 20.0. The number of carbonyl (C=O) groups is 1. The zero-order chi connectivity index (χ0) is 51.3. The molecule has 0 saturated carbocycles. The van der Waals surface area contributed by atoms with E-state index in [2.05, 4.69) is 129 Å². The summed E-state index contributed by atoms with van der Waals surface area (Å²) in [6, 6.07) is -0.645. The molecule has 0 spiro atoms. The van der Waals surface area contributed by atoms with Crippen LogP contribution in [-0.2, 0) is 4.79 Å². The highest BCUT2D eigenvalue weighted by Crippen LogP contribution is 2.16. The fraction of sp³-hybridized carbons (Fsp3) is 0.687. The molecule has 2 unspecified atom stereocenters. The van der Waals surface area contributed by atoms with E-state index in [1.807, 2.05) is 6.08 Å². The van der Waals surface area contributed by atoms with Crippen molar-refractivity contribution in [2.24, 2.45) is 0 Å². The monoisotopic (exact) mass is 982 g/mol. The van der Waals surface area contributed by atoms with Gasteiger partial charge in [-0.05, 0) is 96.3 Å². The third-order valence-electron chi connectivity index (χ3n) is 13.2. The summed E-state index contributed by atoms with van der Waals surface area (Å²) in [5, 5.41) is 23.1. The van der Waals surface area contributed by atoms with Crippen LogP contribution in [0.4, 0.5) is 0 Å². The molecule has 0 bridgehead atoms. The van der Waals surface area contributed by atoms with E-state index < -0.39 is 12.1 Å². The molecule has 0 radical (unpaired) electrons. The molecule has 4 nitrogen and oxygen atoms in total. The normalized spacial score (nSPS) is 13.7. The Bertz CT molecular complexity index is 1390. The Kier molecular flexibility index (Phi) is 58.3. The lowest BCUT2D eigenvalue weighted by Gasteiger charge is -2.19. The van der Waals surface area contributed by atoms with E-state index in [4.69, 9.17) is 0 Å². The molecule has 3 N–H and O–H groups in total.